The van der Waals surface area contributed by atoms with E-state index in [9.17, 15) is 19.2 Å². The van der Waals surface area contributed by atoms with Crippen molar-refractivity contribution < 1.29 is 33.1 Å². The van der Waals surface area contributed by atoms with Crippen molar-refractivity contribution in [3.63, 3.8) is 0 Å². The van der Waals surface area contributed by atoms with Gasteiger partial charge in [-0.25, -0.2) is 4.98 Å². The van der Waals surface area contributed by atoms with Gasteiger partial charge >= 0.3 is 0 Å². The van der Waals surface area contributed by atoms with Gasteiger partial charge in [0.15, 0.2) is 5.76 Å². The Morgan fingerprint density at radius 1 is 0.638 bits per heavy atom. The Balaban J connectivity index is 0.940. The third kappa shape index (κ3) is 6.66. The summed E-state index contributed by atoms with van der Waals surface area (Å²) in [6, 6.07) is 13.5. The number of carbonyl (C=O) groups is 4. The number of anilines is 2. The van der Waals surface area contributed by atoms with Gasteiger partial charge in [0.2, 0.25) is 17.7 Å². The monoisotopic (exact) mass is 641 g/mol. The minimum Gasteiger partial charge on any atom is -0.436 e. The van der Waals surface area contributed by atoms with Gasteiger partial charge in [-0.1, -0.05) is 0 Å². The molecule has 0 radical (unpaired) electrons. The van der Waals surface area contributed by atoms with Gasteiger partial charge in [0.05, 0.1) is 6.20 Å². The average molecular weight is 642 g/mol. The van der Waals surface area contributed by atoms with Crippen molar-refractivity contribution in [2.75, 3.05) is 36.9 Å². The minimum absolute atomic E-state index is 0.0881. The Labute approximate surface area is 272 Å². The summed E-state index contributed by atoms with van der Waals surface area (Å²) in [6.45, 7) is 2.32. The zero-order valence-corrected chi connectivity index (χ0v) is 26.2. The van der Waals surface area contributed by atoms with Crippen molar-refractivity contribution in [1.82, 2.24) is 14.8 Å². The fourth-order valence-corrected chi connectivity index (χ4v) is 6.93. The van der Waals surface area contributed by atoms with Crippen molar-refractivity contribution in [2.45, 2.75) is 75.7 Å². The molecule has 4 saturated heterocycles. The number of nitrogens with zero attached hydrogens (tertiary/aromatic N) is 3. The summed E-state index contributed by atoms with van der Waals surface area (Å²) in [5.74, 6) is 0.416. The molecule has 7 rings (SSSR count). The van der Waals surface area contributed by atoms with E-state index in [0.29, 0.717) is 75.0 Å². The summed E-state index contributed by atoms with van der Waals surface area (Å²) >= 11 is 0. The van der Waals surface area contributed by atoms with Crippen molar-refractivity contribution in [2.24, 2.45) is 0 Å². The first-order chi connectivity index (χ1) is 22.9. The Kier molecular flexibility index (Phi) is 9.03. The quantitative estimate of drug-likeness (QED) is 0.372. The van der Waals surface area contributed by atoms with Gasteiger partial charge < -0.3 is 34.3 Å². The molecule has 246 valence electrons. The molecule has 4 fully saturated rings. The van der Waals surface area contributed by atoms with E-state index in [2.05, 4.69) is 15.6 Å². The zero-order valence-electron chi connectivity index (χ0n) is 26.2. The molecule has 12 heteroatoms. The summed E-state index contributed by atoms with van der Waals surface area (Å²) in [5.41, 5.74) is 2.79. The van der Waals surface area contributed by atoms with Crippen LogP contribution in [0.5, 0.6) is 0 Å². The Morgan fingerprint density at radius 2 is 1.13 bits per heavy atom. The van der Waals surface area contributed by atoms with Crippen LogP contribution in [0, 0.1) is 0 Å². The molecule has 47 heavy (non-hydrogen) atoms. The molecule has 12 nitrogen and oxygen atoms in total. The SMILES string of the molecule is O=C(Nc1ccc(-c2cnc(-c3ccc(NC(=O)[C@@H]4CCCN4C(=O)[C@H]4CCCO4)cc3)o2)cc1)[C@@H]1CCCN1C(=O)[C@H]1CCCO1. The molecule has 3 aromatic rings. The molecule has 4 aliphatic rings. The third-order valence-corrected chi connectivity index (χ3v) is 9.43. The summed E-state index contributed by atoms with van der Waals surface area (Å²) < 4.78 is 17.1. The highest BCUT2D eigenvalue weighted by atomic mass is 16.5. The molecular weight excluding hydrogens is 602 g/mol. The molecule has 2 N–H and O–H groups in total. The second-order valence-corrected chi connectivity index (χ2v) is 12.5. The Morgan fingerprint density at radius 3 is 1.60 bits per heavy atom. The van der Waals surface area contributed by atoms with E-state index in [1.165, 1.54) is 0 Å². The van der Waals surface area contributed by atoms with Crippen LogP contribution in [-0.2, 0) is 28.7 Å². The predicted molar refractivity (Wildman–Crippen MR) is 172 cm³/mol. The maximum atomic E-state index is 13.1. The molecule has 4 aliphatic heterocycles. The van der Waals surface area contributed by atoms with Gasteiger partial charge in [-0.05, 0) is 99.9 Å². The maximum Gasteiger partial charge on any atom is 0.252 e. The highest BCUT2D eigenvalue weighted by Gasteiger charge is 2.39. The van der Waals surface area contributed by atoms with Gasteiger partial charge in [0.25, 0.3) is 11.8 Å². The molecule has 4 amide bonds. The second-order valence-electron chi connectivity index (χ2n) is 12.5. The average Bonchev–Trinajstić information content (AvgIpc) is 3.93. The number of ether oxygens (including phenoxy) is 2. The molecule has 0 saturated carbocycles. The van der Waals surface area contributed by atoms with Crippen molar-refractivity contribution >= 4 is 35.0 Å². The maximum absolute atomic E-state index is 13.1. The van der Waals surface area contributed by atoms with E-state index in [-0.39, 0.29) is 23.6 Å². The highest BCUT2D eigenvalue weighted by molar-refractivity contribution is 5.99. The number of benzene rings is 2. The van der Waals surface area contributed by atoms with Crippen LogP contribution in [0.4, 0.5) is 11.4 Å². The van der Waals surface area contributed by atoms with E-state index < -0.39 is 24.3 Å². The van der Waals surface area contributed by atoms with Crippen LogP contribution in [0.1, 0.15) is 51.4 Å². The van der Waals surface area contributed by atoms with E-state index in [0.717, 1.165) is 36.8 Å². The number of likely N-dealkylation sites (tertiary alicyclic amines) is 2. The number of amides is 4. The van der Waals surface area contributed by atoms with E-state index in [1.807, 2.05) is 24.3 Å². The summed E-state index contributed by atoms with van der Waals surface area (Å²) in [7, 11) is 0. The lowest BCUT2D eigenvalue weighted by Crippen LogP contribution is -2.47. The number of oxazole rings is 1. The topological polar surface area (TPSA) is 143 Å². The zero-order chi connectivity index (χ0) is 32.3. The molecule has 0 aliphatic carbocycles. The fraction of sp³-hybridized carbons (Fsp3) is 0.457. The smallest absolute Gasteiger partial charge is 0.252 e. The lowest BCUT2D eigenvalue weighted by Gasteiger charge is -2.26. The standard InChI is InChI=1S/C35H39N5O7/c41-31(26-5-1-17-39(26)34(43)28-7-3-19-45-28)37-24-13-9-22(10-14-24)30-21-36-33(47-30)23-11-15-25(16-12-23)38-32(42)27-6-2-18-40(27)35(44)29-8-4-20-46-29/h9-16,21,26-29H,1-8,17-20H2,(H,37,41)(H,38,42)/t26-,27-,28+,29+/m0/s1. The molecule has 0 spiro atoms. The molecule has 2 aromatic carbocycles. The van der Waals surface area contributed by atoms with Crippen LogP contribution in [0.3, 0.4) is 0 Å². The van der Waals surface area contributed by atoms with Gasteiger partial charge in [-0.3, -0.25) is 19.2 Å². The van der Waals surface area contributed by atoms with Crippen LogP contribution in [0.15, 0.2) is 59.1 Å². The second kappa shape index (κ2) is 13.7. The molecular formula is C35H39N5O7. The molecule has 1 aromatic heterocycles. The van der Waals surface area contributed by atoms with Crippen LogP contribution in [0.2, 0.25) is 0 Å². The molecule has 5 heterocycles. The number of nitrogens with one attached hydrogen (secondary N) is 2. The summed E-state index contributed by atoms with van der Waals surface area (Å²) in [5, 5.41) is 5.90. The van der Waals surface area contributed by atoms with Crippen LogP contribution < -0.4 is 10.6 Å². The number of hydrogen-bond donors (Lipinski definition) is 2. The van der Waals surface area contributed by atoms with Crippen molar-refractivity contribution in [3.05, 3.63) is 54.7 Å². The van der Waals surface area contributed by atoms with Crippen LogP contribution in [0.25, 0.3) is 22.8 Å². The number of aromatic nitrogens is 1. The molecule has 4 atom stereocenters. The van der Waals surface area contributed by atoms with Gasteiger partial charge in [-0.15, -0.1) is 0 Å². The van der Waals surface area contributed by atoms with E-state index in [4.69, 9.17) is 13.9 Å². The predicted octanol–water partition coefficient (Wildman–Crippen LogP) is 4.23. The number of rotatable bonds is 8. The minimum atomic E-state index is -0.501. The number of carbonyl (C=O) groups excluding carboxylic acids is 4. The van der Waals surface area contributed by atoms with Crippen LogP contribution in [-0.4, -0.2) is 89.0 Å². The molecule has 0 unspecified atom stereocenters. The van der Waals surface area contributed by atoms with Crippen LogP contribution >= 0.6 is 0 Å². The largest absolute Gasteiger partial charge is 0.436 e. The highest BCUT2D eigenvalue weighted by Crippen LogP contribution is 2.30. The first-order valence-corrected chi connectivity index (χ1v) is 16.6. The van der Waals surface area contributed by atoms with Gasteiger partial charge in [-0.2, -0.15) is 0 Å². The lowest BCUT2D eigenvalue weighted by molar-refractivity contribution is -0.144. The summed E-state index contributed by atoms with van der Waals surface area (Å²) in [4.78, 5) is 59.7. The van der Waals surface area contributed by atoms with E-state index >= 15 is 0 Å². The first-order valence-electron chi connectivity index (χ1n) is 16.6. The lowest BCUT2D eigenvalue weighted by atomic mass is 10.1. The first kappa shape index (κ1) is 31.1. The summed E-state index contributed by atoms with van der Waals surface area (Å²) in [6.07, 6.45) is 6.77. The normalized spacial score (nSPS) is 24.1. The van der Waals surface area contributed by atoms with E-state index in [1.54, 1.807) is 40.3 Å². The van der Waals surface area contributed by atoms with Gasteiger partial charge in [0.1, 0.15) is 24.3 Å². The fourth-order valence-electron chi connectivity index (χ4n) is 6.93. The Hall–Kier alpha value is -4.55. The van der Waals surface area contributed by atoms with Gasteiger partial charge in [0, 0.05) is 48.8 Å². The molecule has 0 bridgehead atoms. The van der Waals surface area contributed by atoms with Crippen molar-refractivity contribution in [3.8, 4) is 22.8 Å². The Bertz CT molecular complexity index is 1490. The van der Waals surface area contributed by atoms with Crippen molar-refractivity contribution in [1.29, 1.82) is 0 Å². The number of hydrogen-bond acceptors (Lipinski definition) is 8. The third-order valence-electron chi connectivity index (χ3n) is 9.43.